The average Bonchev–Trinajstić information content (AvgIpc) is 2.41. The summed E-state index contributed by atoms with van der Waals surface area (Å²) in [5, 5.41) is 0. The molecule has 0 bridgehead atoms. The molecule has 0 aliphatic carbocycles. The van der Waals surface area contributed by atoms with Crippen LogP contribution in [0.5, 0.6) is 0 Å². The fraction of sp³-hybridized carbons (Fsp3) is 0.200. The molecule has 0 aliphatic rings. The first kappa shape index (κ1) is 14.6. The standard InChI is InChI=1S/C15H18N2O2S/c1-11-5-3-4-6-13(11)10-17-20(18,19)14-7-8-15(16)12(2)9-14/h3-9,17H,10,16H2,1-2H3. The maximum atomic E-state index is 12.2. The zero-order chi connectivity index (χ0) is 14.8. The zero-order valence-electron chi connectivity index (χ0n) is 11.6. The molecule has 106 valence electrons. The van der Waals surface area contributed by atoms with E-state index < -0.39 is 10.0 Å². The summed E-state index contributed by atoms with van der Waals surface area (Å²) < 4.78 is 27.1. The van der Waals surface area contributed by atoms with E-state index >= 15 is 0 Å². The Morgan fingerprint density at radius 1 is 1.05 bits per heavy atom. The highest BCUT2D eigenvalue weighted by Crippen LogP contribution is 2.17. The highest BCUT2D eigenvalue weighted by molar-refractivity contribution is 7.89. The third-order valence-corrected chi connectivity index (χ3v) is 4.66. The number of nitrogen functional groups attached to an aromatic ring is 1. The Kier molecular flexibility index (Phi) is 4.11. The predicted molar refractivity (Wildman–Crippen MR) is 80.8 cm³/mol. The minimum atomic E-state index is -3.52. The van der Waals surface area contributed by atoms with Gasteiger partial charge in [0.05, 0.1) is 4.90 Å². The summed E-state index contributed by atoms with van der Waals surface area (Å²) in [4.78, 5) is 0.234. The lowest BCUT2D eigenvalue weighted by Gasteiger charge is -2.10. The predicted octanol–water partition coefficient (Wildman–Crippen LogP) is 2.36. The van der Waals surface area contributed by atoms with Crippen LogP contribution in [0.2, 0.25) is 0 Å². The molecular weight excluding hydrogens is 272 g/mol. The maximum absolute atomic E-state index is 12.2. The second kappa shape index (κ2) is 5.64. The Morgan fingerprint density at radius 3 is 2.40 bits per heavy atom. The smallest absolute Gasteiger partial charge is 0.240 e. The van der Waals surface area contributed by atoms with Crippen LogP contribution in [0.1, 0.15) is 16.7 Å². The number of benzene rings is 2. The van der Waals surface area contributed by atoms with Gasteiger partial charge < -0.3 is 5.73 Å². The van der Waals surface area contributed by atoms with E-state index in [4.69, 9.17) is 5.73 Å². The number of nitrogens with one attached hydrogen (secondary N) is 1. The number of anilines is 1. The van der Waals surface area contributed by atoms with Gasteiger partial charge in [-0.05, 0) is 48.7 Å². The van der Waals surface area contributed by atoms with Crippen molar-refractivity contribution < 1.29 is 8.42 Å². The van der Waals surface area contributed by atoms with Crippen LogP contribution in [0.25, 0.3) is 0 Å². The van der Waals surface area contributed by atoms with E-state index in [0.29, 0.717) is 5.69 Å². The number of sulfonamides is 1. The minimum absolute atomic E-state index is 0.234. The van der Waals surface area contributed by atoms with E-state index in [1.54, 1.807) is 19.1 Å². The summed E-state index contributed by atoms with van der Waals surface area (Å²) >= 11 is 0. The molecule has 0 spiro atoms. The molecule has 0 unspecified atom stereocenters. The molecule has 4 nitrogen and oxygen atoms in total. The lowest BCUT2D eigenvalue weighted by molar-refractivity contribution is 0.581. The van der Waals surface area contributed by atoms with Crippen molar-refractivity contribution in [3.8, 4) is 0 Å². The van der Waals surface area contributed by atoms with E-state index in [2.05, 4.69) is 4.72 Å². The van der Waals surface area contributed by atoms with Crippen molar-refractivity contribution in [3.63, 3.8) is 0 Å². The first-order chi connectivity index (χ1) is 9.40. The third-order valence-electron chi connectivity index (χ3n) is 3.27. The molecule has 0 fully saturated rings. The molecule has 0 aromatic heterocycles. The number of hydrogen-bond acceptors (Lipinski definition) is 3. The number of hydrogen-bond donors (Lipinski definition) is 2. The van der Waals surface area contributed by atoms with Crippen molar-refractivity contribution in [1.82, 2.24) is 4.72 Å². The van der Waals surface area contributed by atoms with Gasteiger partial charge in [-0.1, -0.05) is 24.3 Å². The molecule has 0 saturated heterocycles. The van der Waals surface area contributed by atoms with Crippen molar-refractivity contribution >= 4 is 15.7 Å². The normalized spacial score (nSPS) is 11.5. The quantitative estimate of drug-likeness (QED) is 0.849. The fourth-order valence-corrected chi connectivity index (χ4v) is 2.97. The Balaban J connectivity index is 2.19. The van der Waals surface area contributed by atoms with Crippen LogP contribution in [0.3, 0.4) is 0 Å². The highest BCUT2D eigenvalue weighted by atomic mass is 32.2. The molecule has 0 atom stereocenters. The average molecular weight is 290 g/mol. The van der Waals surface area contributed by atoms with Gasteiger partial charge >= 0.3 is 0 Å². The van der Waals surface area contributed by atoms with Crippen LogP contribution in [0, 0.1) is 13.8 Å². The van der Waals surface area contributed by atoms with Crippen LogP contribution in [0.15, 0.2) is 47.4 Å². The van der Waals surface area contributed by atoms with E-state index in [1.807, 2.05) is 31.2 Å². The fourth-order valence-electron chi connectivity index (χ4n) is 1.88. The van der Waals surface area contributed by atoms with Gasteiger partial charge in [0.1, 0.15) is 0 Å². The molecule has 2 aromatic rings. The van der Waals surface area contributed by atoms with Crippen molar-refractivity contribution in [1.29, 1.82) is 0 Å². The van der Waals surface area contributed by atoms with Crippen molar-refractivity contribution in [2.24, 2.45) is 0 Å². The summed E-state index contributed by atoms with van der Waals surface area (Å²) in [6.45, 7) is 4.02. The molecule has 0 saturated carbocycles. The van der Waals surface area contributed by atoms with Gasteiger partial charge in [0.15, 0.2) is 0 Å². The van der Waals surface area contributed by atoms with Crippen LogP contribution in [-0.4, -0.2) is 8.42 Å². The van der Waals surface area contributed by atoms with E-state index in [1.165, 1.54) is 6.07 Å². The number of nitrogens with two attached hydrogens (primary N) is 1. The third kappa shape index (κ3) is 3.18. The Hall–Kier alpha value is -1.85. The van der Waals surface area contributed by atoms with Crippen LogP contribution < -0.4 is 10.5 Å². The lowest BCUT2D eigenvalue weighted by atomic mass is 10.1. The second-order valence-electron chi connectivity index (χ2n) is 4.77. The molecule has 2 aromatic carbocycles. The summed E-state index contributed by atoms with van der Waals surface area (Å²) in [5.41, 5.74) is 9.06. The summed E-state index contributed by atoms with van der Waals surface area (Å²) in [7, 11) is -3.52. The second-order valence-corrected chi connectivity index (χ2v) is 6.54. The number of rotatable bonds is 4. The summed E-state index contributed by atoms with van der Waals surface area (Å²) in [6.07, 6.45) is 0. The Labute approximate surface area is 119 Å². The van der Waals surface area contributed by atoms with Crippen LogP contribution in [0.4, 0.5) is 5.69 Å². The summed E-state index contributed by atoms with van der Waals surface area (Å²) in [6, 6.07) is 12.4. The van der Waals surface area contributed by atoms with Crippen molar-refractivity contribution in [2.75, 3.05) is 5.73 Å². The zero-order valence-corrected chi connectivity index (χ0v) is 12.4. The lowest BCUT2D eigenvalue weighted by Crippen LogP contribution is -2.23. The molecule has 20 heavy (non-hydrogen) atoms. The minimum Gasteiger partial charge on any atom is -0.399 e. The molecule has 2 rings (SSSR count). The molecule has 0 aliphatic heterocycles. The van der Waals surface area contributed by atoms with Gasteiger partial charge in [0.25, 0.3) is 0 Å². The maximum Gasteiger partial charge on any atom is 0.240 e. The molecule has 5 heteroatoms. The van der Waals surface area contributed by atoms with Gasteiger partial charge in [-0.3, -0.25) is 0 Å². The number of aryl methyl sites for hydroxylation is 2. The molecule has 0 amide bonds. The largest absolute Gasteiger partial charge is 0.399 e. The van der Waals surface area contributed by atoms with Gasteiger partial charge in [0, 0.05) is 12.2 Å². The SMILES string of the molecule is Cc1cc(S(=O)(=O)NCc2ccccc2C)ccc1N. The van der Waals surface area contributed by atoms with E-state index in [-0.39, 0.29) is 11.4 Å². The first-order valence-corrected chi connectivity index (χ1v) is 7.79. The highest BCUT2D eigenvalue weighted by Gasteiger charge is 2.14. The van der Waals surface area contributed by atoms with Crippen LogP contribution >= 0.6 is 0 Å². The van der Waals surface area contributed by atoms with Gasteiger partial charge in [-0.25, -0.2) is 13.1 Å². The monoisotopic (exact) mass is 290 g/mol. The summed E-state index contributed by atoms with van der Waals surface area (Å²) in [5.74, 6) is 0. The van der Waals surface area contributed by atoms with Gasteiger partial charge in [0.2, 0.25) is 10.0 Å². The van der Waals surface area contributed by atoms with E-state index in [9.17, 15) is 8.42 Å². The molecule has 3 N–H and O–H groups in total. The Morgan fingerprint density at radius 2 is 1.75 bits per heavy atom. The Bertz CT molecular complexity index is 724. The van der Waals surface area contributed by atoms with Crippen LogP contribution in [-0.2, 0) is 16.6 Å². The molecular formula is C15H18N2O2S. The van der Waals surface area contributed by atoms with Crippen molar-refractivity contribution in [2.45, 2.75) is 25.3 Å². The van der Waals surface area contributed by atoms with Gasteiger partial charge in [-0.2, -0.15) is 0 Å². The molecule has 0 heterocycles. The van der Waals surface area contributed by atoms with E-state index in [0.717, 1.165) is 16.7 Å². The molecule has 0 radical (unpaired) electrons. The van der Waals surface area contributed by atoms with Crippen molar-refractivity contribution in [3.05, 3.63) is 59.2 Å². The van der Waals surface area contributed by atoms with Gasteiger partial charge in [-0.15, -0.1) is 0 Å². The first-order valence-electron chi connectivity index (χ1n) is 6.30. The topological polar surface area (TPSA) is 72.2 Å².